The molecule has 3 aromatic rings. The first-order valence-electron chi connectivity index (χ1n) is 11.5. The van der Waals surface area contributed by atoms with Gasteiger partial charge < -0.3 is 14.8 Å². The number of carbonyl (C=O) groups is 2. The molecule has 0 unspecified atom stereocenters. The summed E-state index contributed by atoms with van der Waals surface area (Å²) in [5.74, 6) is 0.851. The third-order valence-electron chi connectivity index (χ3n) is 5.50. The molecule has 0 aromatic heterocycles. The van der Waals surface area contributed by atoms with Crippen LogP contribution in [0.3, 0.4) is 0 Å². The second-order valence-electron chi connectivity index (χ2n) is 8.07. The van der Waals surface area contributed by atoms with Crippen LogP contribution in [0.1, 0.15) is 29.2 Å². The molecule has 0 spiro atoms. The summed E-state index contributed by atoms with van der Waals surface area (Å²) < 4.78 is 12.1. The van der Waals surface area contributed by atoms with Gasteiger partial charge in [0.05, 0.1) is 13.2 Å². The van der Waals surface area contributed by atoms with Crippen molar-refractivity contribution in [3.63, 3.8) is 0 Å². The zero-order chi connectivity index (χ0) is 24.6. The Kier molecular flexibility index (Phi) is 7.63. The molecule has 0 saturated carbocycles. The van der Waals surface area contributed by atoms with Gasteiger partial charge in [0.1, 0.15) is 12.3 Å². The van der Waals surface area contributed by atoms with E-state index in [1.54, 1.807) is 12.2 Å². The summed E-state index contributed by atoms with van der Waals surface area (Å²) in [7, 11) is 0. The third-order valence-corrected chi connectivity index (χ3v) is 5.50. The molecule has 1 heterocycles. The second-order valence-corrected chi connectivity index (χ2v) is 8.07. The number of nitrogens with zero attached hydrogens (tertiary/aromatic N) is 1. The molecular formula is C29H28N2O4. The third kappa shape index (κ3) is 5.79. The normalized spacial score (nSPS) is 14.2. The summed E-state index contributed by atoms with van der Waals surface area (Å²) in [4.78, 5) is 26.7. The fourth-order valence-electron chi connectivity index (χ4n) is 3.88. The minimum atomic E-state index is -0.440. The standard InChI is InChI=1S/C29H28N2O4/c1-3-11-24-16-23(18-26(34-4-2)27(24)35-20-22-14-9-6-10-15-22)17-25-28(32)31(29(33)30-25)19-21-12-7-5-8-13-21/h3,5-10,12-18H,1,4,11,19-20H2,2H3,(H,30,33)/b25-17-. The van der Waals surface area contributed by atoms with Crippen LogP contribution in [0.15, 0.2) is 91.1 Å². The average molecular weight is 469 g/mol. The van der Waals surface area contributed by atoms with E-state index in [1.165, 1.54) is 4.90 Å². The summed E-state index contributed by atoms with van der Waals surface area (Å²) >= 11 is 0. The number of nitrogens with one attached hydrogen (secondary N) is 1. The quantitative estimate of drug-likeness (QED) is 0.243. The molecule has 1 saturated heterocycles. The molecule has 1 N–H and O–H groups in total. The summed E-state index contributed by atoms with van der Waals surface area (Å²) in [5.41, 5.74) is 3.75. The van der Waals surface area contributed by atoms with E-state index in [1.807, 2.05) is 79.7 Å². The average Bonchev–Trinajstić information content (AvgIpc) is 3.12. The minimum Gasteiger partial charge on any atom is -0.490 e. The number of imide groups is 1. The summed E-state index contributed by atoms with van der Waals surface area (Å²) in [6.45, 7) is 6.83. The van der Waals surface area contributed by atoms with E-state index in [0.29, 0.717) is 31.1 Å². The number of amides is 3. The number of urea groups is 1. The first-order chi connectivity index (χ1) is 17.1. The van der Waals surface area contributed by atoms with Gasteiger partial charge in [-0.2, -0.15) is 0 Å². The lowest BCUT2D eigenvalue weighted by atomic mass is 10.0. The SMILES string of the molecule is C=CCc1cc(/C=C2\NC(=O)N(Cc3ccccc3)C2=O)cc(OCC)c1OCc1ccccc1. The summed E-state index contributed by atoms with van der Waals surface area (Å²) in [6, 6.07) is 22.6. The molecule has 3 amide bonds. The lowest BCUT2D eigenvalue weighted by Gasteiger charge is -2.17. The van der Waals surface area contributed by atoms with Crippen molar-refractivity contribution in [1.82, 2.24) is 10.2 Å². The molecule has 6 heteroatoms. The van der Waals surface area contributed by atoms with Crippen molar-refractivity contribution >= 4 is 18.0 Å². The van der Waals surface area contributed by atoms with Crippen LogP contribution in [0.5, 0.6) is 11.5 Å². The Morgan fingerprint density at radius 3 is 2.29 bits per heavy atom. The number of allylic oxidation sites excluding steroid dienone is 1. The van der Waals surface area contributed by atoms with Gasteiger partial charge in [-0.1, -0.05) is 66.7 Å². The fraction of sp³-hybridized carbons (Fsp3) is 0.172. The van der Waals surface area contributed by atoms with Gasteiger partial charge in [-0.25, -0.2) is 4.79 Å². The minimum absolute atomic E-state index is 0.209. The maximum atomic E-state index is 13.0. The van der Waals surface area contributed by atoms with E-state index in [0.717, 1.165) is 22.3 Å². The van der Waals surface area contributed by atoms with E-state index in [4.69, 9.17) is 9.47 Å². The maximum Gasteiger partial charge on any atom is 0.329 e. The molecular weight excluding hydrogens is 440 g/mol. The molecule has 0 bridgehead atoms. The highest BCUT2D eigenvalue weighted by Crippen LogP contribution is 2.35. The number of hydrogen-bond acceptors (Lipinski definition) is 4. The number of hydrogen-bond donors (Lipinski definition) is 1. The second kappa shape index (κ2) is 11.2. The zero-order valence-electron chi connectivity index (χ0n) is 19.7. The highest BCUT2D eigenvalue weighted by Gasteiger charge is 2.33. The van der Waals surface area contributed by atoms with E-state index < -0.39 is 6.03 Å². The molecule has 0 atom stereocenters. The molecule has 1 aliphatic rings. The smallest absolute Gasteiger partial charge is 0.329 e. The van der Waals surface area contributed by atoms with E-state index in [9.17, 15) is 9.59 Å². The van der Waals surface area contributed by atoms with Crippen molar-refractivity contribution in [1.29, 1.82) is 0 Å². The van der Waals surface area contributed by atoms with Crippen LogP contribution >= 0.6 is 0 Å². The Bertz CT molecular complexity index is 1240. The predicted octanol–water partition coefficient (Wildman–Crippen LogP) is 5.49. The van der Waals surface area contributed by atoms with Crippen LogP contribution in [-0.2, 0) is 24.4 Å². The van der Waals surface area contributed by atoms with Gasteiger partial charge in [0.25, 0.3) is 5.91 Å². The highest BCUT2D eigenvalue weighted by atomic mass is 16.5. The first-order valence-corrected chi connectivity index (χ1v) is 11.5. The van der Waals surface area contributed by atoms with Crippen molar-refractivity contribution in [2.24, 2.45) is 0 Å². The Hall–Kier alpha value is -4.32. The van der Waals surface area contributed by atoms with Crippen molar-refractivity contribution in [3.8, 4) is 11.5 Å². The van der Waals surface area contributed by atoms with Crippen LogP contribution < -0.4 is 14.8 Å². The number of ether oxygens (including phenoxy) is 2. The Balaban J connectivity index is 1.62. The summed E-state index contributed by atoms with van der Waals surface area (Å²) in [6.07, 6.45) is 4.02. The van der Waals surface area contributed by atoms with Gasteiger partial charge in [-0.15, -0.1) is 6.58 Å². The molecule has 1 fully saturated rings. The van der Waals surface area contributed by atoms with Gasteiger partial charge in [0, 0.05) is 5.56 Å². The van der Waals surface area contributed by atoms with Crippen LogP contribution in [0.2, 0.25) is 0 Å². The van der Waals surface area contributed by atoms with E-state index in [2.05, 4.69) is 11.9 Å². The van der Waals surface area contributed by atoms with Crippen molar-refractivity contribution in [3.05, 3.63) is 113 Å². The van der Waals surface area contributed by atoms with Crippen molar-refractivity contribution in [2.75, 3.05) is 6.61 Å². The molecule has 0 aliphatic carbocycles. The van der Waals surface area contributed by atoms with Gasteiger partial charge >= 0.3 is 6.03 Å². The van der Waals surface area contributed by atoms with Crippen LogP contribution in [0.4, 0.5) is 4.79 Å². The molecule has 35 heavy (non-hydrogen) atoms. The Morgan fingerprint density at radius 2 is 1.63 bits per heavy atom. The largest absolute Gasteiger partial charge is 0.490 e. The predicted molar refractivity (Wildman–Crippen MR) is 136 cm³/mol. The van der Waals surface area contributed by atoms with Crippen LogP contribution in [0, 0.1) is 0 Å². The lowest BCUT2D eigenvalue weighted by molar-refractivity contribution is -0.123. The molecule has 178 valence electrons. The molecule has 1 aliphatic heterocycles. The first kappa shape index (κ1) is 23.8. The Morgan fingerprint density at radius 1 is 0.943 bits per heavy atom. The number of benzene rings is 3. The fourth-order valence-corrected chi connectivity index (χ4v) is 3.88. The van der Waals surface area contributed by atoms with Crippen LogP contribution in [0.25, 0.3) is 6.08 Å². The van der Waals surface area contributed by atoms with E-state index >= 15 is 0 Å². The molecule has 6 nitrogen and oxygen atoms in total. The van der Waals surface area contributed by atoms with Gasteiger partial charge in [-0.3, -0.25) is 9.69 Å². The summed E-state index contributed by atoms with van der Waals surface area (Å²) in [5, 5.41) is 2.69. The van der Waals surface area contributed by atoms with Gasteiger partial charge in [0.15, 0.2) is 11.5 Å². The van der Waals surface area contributed by atoms with Gasteiger partial charge in [0.2, 0.25) is 0 Å². The lowest BCUT2D eigenvalue weighted by Crippen LogP contribution is -2.30. The molecule has 0 radical (unpaired) electrons. The monoisotopic (exact) mass is 468 g/mol. The van der Waals surface area contributed by atoms with Crippen molar-refractivity contribution in [2.45, 2.75) is 26.5 Å². The van der Waals surface area contributed by atoms with Gasteiger partial charge in [-0.05, 0) is 48.2 Å². The highest BCUT2D eigenvalue weighted by molar-refractivity contribution is 6.13. The van der Waals surface area contributed by atoms with Crippen molar-refractivity contribution < 1.29 is 19.1 Å². The topological polar surface area (TPSA) is 67.9 Å². The molecule has 3 aromatic carbocycles. The molecule has 4 rings (SSSR count). The van der Waals surface area contributed by atoms with E-state index in [-0.39, 0.29) is 18.1 Å². The Labute approximate surface area is 205 Å². The number of rotatable bonds is 10. The zero-order valence-corrected chi connectivity index (χ0v) is 19.7. The van der Waals surface area contributed by atoms with Crippen LogP contribution in [-0.4, -0.2) is 23.4 Å². The number of carbonyl (C=O) groups excluding carboxylic acids is 2. The maximum absolute atomic E-state index is 13.0.